The largest absolute Gasteiger partial charge is 0.496 e. The first kappa shape index (κ1) is 14.9. The van der Waals surface area contributed by atoms with Crippen LogP contribution < -0.4 is 9.64 Å². The van der Waals surface area contributed by atoms with Gasteiger partial charge >= 0.3 is 0 Å². The molecule has 1 N–H and O–H groups in total. The first-order valence-electron chi connectivity index (χ1n) is 6.94. The molecule has 1 heterocycles. The van der Waals surface area contributed by atoms with Crippen LogP contribution in [0.1, 0.15) is 25.0 Å². The van der Waals surface area contributed by atoms with Crippen molar-refractivity contribution in [3.8, 4) is 5.75 Å². The number of hydrogen-bond donors (Lipinski definition) is 1. The molecule has 1 aromatic rings. The van der Waals surface area contributed by atoms with E-state index in [4.69, 9.17) is 9.47 Å². The third-order valence-electron chi connectivity index (χ3n) is 3.65. The molecule has 4 nitrogen and oxygen atoms in total. The summed E-state index contributed by atoms with van der Waals surface area (Å²) in [4.78, 5) is 2.27. The van der Waals surface area contributed by atoms with Crippen LogP contribution in [0, 0.1) is 0 Å². The summed E-state index contributed by atoms with van der Waals surface area (Å²) in [5.41, 5.74) is 3.25. The normalized spacial score (nSPS) is 16.8. The van der Waals surface area contributed by atoms with Crippen LogP contribution in [0.3, 0.4) is 0 Å². The molecule has 0 unspecified atom stereocenters. The molecule has 1 aliphatic rings. The van der Waals surface area contributed by atoms with Crippen LogP contribution in [0.15, 0.2) is 29.8 Å². The Morgan fingerprint density at radius 1 is 1.35 bits per heavy atom. The average Bonchev–Trinajstić information content (AvgIpc) is 2.47. The van der Waals surface area contributed by atoms with Crippen LogP contribution in [-0.2, 0) is 4.74 Å². The Labute approximate surface area is 120 Å². The number of aliphatic hydroxyl groups excluding tert-OH is 1. The lowest BCUT2D eigenvalue weighted by atomic mass is 10.0. The molecule has 0 radical (unpaired) electrons. The van der Waals surface area contributed by atoms with Crippen LogP contribution in [-0.4, -0.2) is 39.0 Å². The zero-order chi connectivity index (χ0) is 14.5. The predicted octanol–water partition coefficient (Wildman–Crippen LogP) is 2.53. The highest BCUT2D eigenvalue weighted by atomic mass is 16.5. The molecule has 0 amide bonds. The Balaban J connectivity index is 2.26. The molecule has 0 saturated carbocycles. The maximum absolute atomic E-state index is 10.0. The fourth-order valence-electron chi connectivity index (χ4n) is 2.65. The van der Waals surface area contributed by atoms with Gasteiger partial charge in [0.1, 0.15) is 5.75 Å². The molecular weight excluding hydrogens is 254 g/mol. The van der Waals surface area contributed by atoms with Gasteiger partial charge in [-0.3, -0.25) is 0 Å². The topological polar surface area (TPSA) is 41.9 Å². The average molecular weight is 277 g/mol. The molecule has 0 bridgehead atoms. The number of anilines is 1. The minimum absolute atomic E-state index is 0.550. The van der Waals surface area contributed by atoms with Gasteiger partial charge in [0.25, 0.3) is 0 Å². The summed E-state index contributed by atoms with van der Waals surface area (Å²) in [6, 6.07) is 5.90. The van der Waals surface area contributed by atoms with Crippen molar-refractivity contribution >= 4 is 5.69 Å². The quantitative estimate of drug-likeness (QED) is 0.840. The van der Waals surface area contributed by atoms with Gasteiger partial charge in [0, 0.05) is 31.5 Å². The van der Waals surface area contributed by atoms with Crippen molar-refractivity contribution in [1.82, 2.24) is 0 Å². The number of ether oxygens (including phenoxy) is 2. The standard InChI is InChI=1S/C16H23NO3/c1-12(18)16-14(5-4-6-15(16)20-3)17-9-7-13(8-10-17)11-19-2/h4-7,12,18H,8-11H2,1-3H3/t12-/m1/s1. The molecule has 2 rings (SSSR count). The van der Waals surface area contributed by atoms with Gasteiger partial charge in [-0.05, 0) is 31.1 Å². The minimum atomic E-state index is -0.550. The molecule has 110 valence electrons. The van der Waals surface area contributed by atoms with Crippen LogP contribution >= 0.6 is 0 Å². The number of hydrogen-bond acceptors (Lipinski definition) is 4. The van der Waals surface area contributed by atoms with Gasteiger partial charge < -0.3 is 19.5 Å². The minimum Gasteiger partial charge on any atom is -0.496 e. The second kappa shape index (κ2) is 6.77. The molecule has 0 spiro atoms. The van der Waals surface area contributed by atoms with E-state index in [-0.39, 0.29) is 0 Å². The van der Waals surface area contributed by atoms with Crippen molar-refractivity contribution in [3.63, 3.8) is 0 Å². The van der Waals surface area contributed by atoms with E-state index < -0.39 is 6.10 Å². The molecule has 1 aromatic carbocycles. The number of aliphatic hydroxyl groups is 1. The van der Waals surface area contributed by atoms with E-state index >= 15 is 0 Å². The van der Waals surface area contributed by atoms with E-state index in [2.05, 4.69) is 11.0 Å². The molecular formula is C16H23NO3. The predicted molar refractivity (Wildman–Crippen MR) is 80.4 cm³/mol. The van der Waals surface area contributed by atoms with Crippen molar-refractivity contribution in [3.05, 3.63) is 35.4 Å². The van der Waals surface area contributed by atoms with Crippen molar-refractivity contribution in [2.75, 3.05) is 38.8 Å². The molecule has 1 aliphatic heterocycles. The van der Waals surface area contributed by atoms with E-state index in [1.807, 2.05) is 18.2 Å². The molecule has 0 fully saturated rings. The van der Waals surface area contributed by atoms with Gasteiger partial charge in [-0.25, -0.2) is 0 Å². The third-order valence-corrected chi connectivity index (χ3v) is 3.65. The van der Waals surface area contributed by atoms with E-state index in [9.17, 15) is 5.11 Å². The molecule has 20 heavy (non-hydrogen) atoms. The molecule has 0 aromatic heterocycles. The van der Waals surface area contributed by atoms with Crippen molar-refractivity contribution in [1.29, 1.82) is 0 Å². The highest BCUT2D eigenvalue weighted by molar-refractivity contribution is 5.61. The third kappa shape index (κ3) is 3.14. The first-order valence-corrected chi connectivity index (χ1v) is 6.94. The van der Waals surface area contributed by atoms with Crippen LogP contribution in [0.25, 0.3) is 0 Å². The SMILES string of the molecule is COCC1=CCN(c2cccc(OC)c2[C@@H](C)O)CC1. The summed E-state index contributed by atoms with van der Waals surface area (Å²) in [5.74, 6) is 0.740. The number of benzene rings is 1. The van der Waals surface area contributed by atoms with Crippen molar-refractivity contribution in [2.45, 2.75) is 19.4 Å². The Hall–Kier alpha value is -1.52. The number of methoxy groups -OCH3 is 2. The lowest BCUT2D eigenvalue weighted by molar-refractivity contribution is 0.194. The van der Waals surface area contributed by atoms with E-state index in [0.29, 0.717) is 6.61 Å². The van der Waals surface area contributed by atoms with Crippen LogP contribution in [0.5, 0.6) is 5.75 Å². The molecule has 0 aliphatic carbocycles. The summed E-state index contributed by atoms with van der Waals surface area (Å²) in [7, 11) is 3.36. The Morgan fingerprint density at radius 2 is 2.15 bits per heavy atom. The molecule has 0 saturated heterocycles. The summed E-state index contributed by atoms with van der Waals surface area (Å²) >= 11 is 0. The number of rotatable bonds is 5. The van der Waals surface area contributed by atoms with Gasteiger partial charge in [0.2, 0.25) is 0 Å². The van der Waals surface area contributed by atoms with Gasteiger partial charge in [0.05, 0.1) is 19.8 Å². The monoisotopic (exact) mass is 277 g/mol. The van der Waals surface area contributed by atoms with E-state index in [1.165, 1.54) is 5.57 Å². The number of nitrogens with zero attached hydrogens (tertiary/aromatic N) is 1. The first-order chi connectivity index (χ1) is 9.67. The van der Waals surface area contributed by atoms with Gasteiger partial charge in [-0.1, -0.05) is 12.1 Å². The summed E-state index contributed by atoms with van der Waals surface area (Å²) in [5, 5.41) is 10.0. The fourth-order valence-corrected chi connectivity index (χ4v) is 2.65. The Kier molecular flexibility index (Phi) is 5.04. The summed E-state index contributed by atoms with van der Waals surface area (Å²) in [6.45, 7) is 4.25. The Morgan fingerprint density at radius 3 is 2.70 bits per heavy atom. The smallest absolute Gasteiger partial charge is 0.126 e. The van der Waals surface area contributed by atoms with Crippen LogP contribution in [0.4, 0.5) is 5.69 Å². The molecule has 1 atom stereocenters. The van der Waals surface area contributed by atoms with Gasteiger partial charge in [-0.15, -0.1) is 0 Å². The Bertz CT molecular complexity index is 483. The second-order valence-corrected chi connectivity index (χ2v) is 5.06. The maximum Gasteiger partial charge on any atom is 0.126 e. The fraction of sp³-hybridized carbons (Fsp3) is 0.500. The highest BCUT2D eigenvalue weighted by Gasteiger charge is 2.20. The van der Waals surface area contributed by atoms with Gasteiger partial charge in [-0.2, -0.15) is 0 Å². The highest BCUT2D eigenvalue weighted by Crippen LogP contribution is 2.35. The van der Waals surface area contributed by atoms with Gasteiger partial charge in [0.15, 0.2) is 0 Å². The summed E-state index contributed by atoms with van der Waals surface area (Å²) < 4.78 is 10.5. The van der Waals surface area contributed by atoms with E-state index in [1.54, 1.807) is 21.1 Å². The zero-order valence-electron chi connectivity index (χ0n) is 12.4. The summed E-state index contributed by atoms with van der Waals surface area (Å²) in [6.07, 6.45) is 2.65. The molecule has 4 heteroatoms. The lowest BCUT2D eigenvalue weighted by Crippen LogP contribution is -2.30. The van der Waals surface area contributed by atoms with Crippen molar-refractivity contribution < 1.29 is 14.6 Å². The van der Waals surface area contributed by atoms with Crippen molar-refractivity contribution in [2.24, 2.45) is 0 Å². The van der Waals surface area contributed by atoms with Crippen LogP contribution in [0.2, 0.25) is 0 Å². The van der Waals surface area contributed by atoms with E-state index in [0.717, 1.165) is 36.5 Å². The zero-order valence-corrected chi connectivity index (χ0v) is 12.4. The lowest BCUT2D eigenvalue weighted by Gasteiger charge is -2.31. The second-order valence-electron chi connectivity index (χ2n) is 5.06. The maximum atomic E-state index is 10.0.